The van der Waals surface area contributed by atoms with Crippen LogP contribution in [-0.4, -0.2) is 122 Å². The highest BCUT2D eigenvalue weighted by atomic mass is 35.5. The van der Waals surface area contributed by atoms with Crippen LogP contribution in [0.15, 0.2) is 35.9 Å². The number of nitrogens with zero attached hydrogens (tertiary/aromatic N) is 2. The summed E-state index contributed by atoms with van der Waals surface area (Å²) in [5, 5.41) is 14.4. The molecule has 4 aliphatic rings. The largest absolute Gasteiger partial charge is 0.495 e. The van der Waals surface area contributed by atoms with Crippen molar-refractivity contribution in [2.75, 3.05) is 45.2 Å². The van der Waals surface area contributed by atoms with E-state index in [9.17, 15) is 32.7 Å². The zero-order valence-electron chi connectivity index (χ0n) is 32.5. The smallest absolute Gasteiger partial charge is 0.409 e. The maximum Gasteiger partial charge on any atom is 0.409 e. The number of alkyl carbamates (subject to hydrolysis) is 1. The summed E-state index contributed by atoms with van der Waals surface area (Å²) in [6, 6.07) is 0.180. The number of halogens is 4. The Morgan fingerprint density at radius 3 is 2.51 bits per heavy atom. The number of hydrogen-bond acceptors (Lipinski definition) is 12. The van der Waals surface area contributed by atoms with E-state index in [2.05, 4.69) is 5.32 Å². The molecule has 2 amide bonds. The van der Waals surface area contributed by atoms with Crippen molar-refractivity contribution in [3.8, 4) is 5.75 Å². The lowest BCUT2D eigenvalue weighted by Gasteiger charge is -2.59. The first-order valence-corrected chi connectivity index (χ1v) is 20.8. The van der Waals surface area contributed by atoms with E-state index in [1.54, 1.807) is 44.4 Å². The highest BCUT2D eigenvalue weighted by molar-refractivity contribution is 8.76. The minimum absolute atomic E-state index is 0.0593. The number of rotatable bonds is 10. The average molecular weight is 838 g/mol. The van der Waals surface area contributed by atoms with Gasteiger partial charge < -0.3 is 33.7 Å². The molecule has 0 saturated carbocycles. The number of nitrogens with one attached hydrogen (secondary N) is 1. The number of fused-ring (bicyclic) bond motifs is 6. The number of ether oxygens (including phenoxy) is 5. The van der Waals surface area contributed by atoms with Crippen LogP contribution in [0.3, 0.4) is 0 Å². The number of methoxy groups -OCH3 is 2. The summed E-state index contributed by atoms with van der Waals surface area (Å²) in [4.78, 5) is 43.0. The third kappa shape index (κ3) is 10.3. The molecule has 308 valence electrons. The second-order valence-corrected chi connectivity index (χ2v) is 17.7. The molecule has 2 saturated heterocycles. The topological polar surface area (TPSA) is 136 Å². The number of carbonyl (C=O) groups excluding carboxylic acids is 3. The molecule has 0 aliphatic carbocycles. The van der Waals surface area contributed by atoms with Crippen molar-refractivity contribution in [1.82, 2.24) is 10.2 Å². The third-order valence-electron chi connectivity index (χ3n) is 10.5. The van der Waals surface area contributed by atoms with Crippen LogP contribution >= 0.6 is 33.2 Å². The number of anilines is 1. The quantitative estimate of drug-likeness (QED) is 0.152. The number of aliphatic hydroxyl groups is 1. The summed E-state index contributed by atoms with van der Waals surface area (Å²) >= 11 is 6.73. The molecule has 4 aliphatic heterocycles. The van der Waals surface area contributed by atoms with Gasteiger partial charge in [0, 0.05) is 32.8 Å². The SMILES string of the molecule is COc1cc2cc(c1Cl)N(C)C(=O)C[C@H](OC(=O)[C@H](C)N(C)[C@@H](CCSSC)C(F)(F)F)[C@@]1(C)CC(C)(O1)[C@@H]1C[C@@](O)(NC(=O)O1)[C@H](OC)/C=C/C=C(\C)C2. The standard InChI is InChI=1S/C37H51ClF3N3O9S2/c1-21-11-10-12-27(50-8)36(48)19-29(52-33(47)42-36)35(4)20-34(3,53-35)28(18-30(45)44(6)24-16-23(15-21)17-25(49-7)31(24)38)51-32(46)22(2)43(5)26(37(39,40)41)13-14-55-54-9/h10-12,16-17,22,26-29,48H,13-15,18-20H2,1-9H3,(H,42,47)/b12-10+,21-11+/t22-,26-,27+,28-,29-,34+,35?,36-/m0/s1. The minimum Gasteiger partial charge on any atom is -0.495 e. The lowest BCUT2D eigenvalue weighted by atomic mass is 9.72. The summed E-state index contributed by atoms with van der Waals surface area (Å²) in [7, 11) is 8.18. The molecule has 12 nitrogen and oxygen atoms in total. The Bertz CT molecular complexity index is 1640. The van der Waals surface area contributed by atoms with E-state index in [0.717, 1.165) is 16.0 Å². The van der Waals surface area contributed by atoms with Crippen molar-refractivity contribution in [1.29, 1.82) is 0 Å². The fourth-order valence-electron chi connectivity index (χ4n) is 7.41. The Labute approximate surface area is 333 Å². The highest BCUT2D eigenvalue weighted by Crippen LogP contribution is 2.50. The van der Waals surface area contributed by atoms with Crippen LogP contribution < -0.4 is 15.0 Å². The van der Waals surface area contributed by atoms with Crippen LogP contribution in [0.2, 0.25) is 5.02 Å². The molecular formula is C37H51ClF3N3O9S2. The highest BCUT2D eigenvalue weighted by Gasteiger charge is 2.63. The molecule has 8 atom stereocenters. The minimum atomic E-state index is -4.63. The van der Waals surface area contributed by atoms with Gasteiger partial charge in [-0.3, -0.25) is 19.8 Å². The molecule has 0 radical (unpaired) electrons. The Hall–Kier alpha value is -2.67. The number of likely N-dealkylation sites (N-methyl/N-ethyl adjacent to an activating group) is 1. The van der Waals surface area contributed by atoms with E-state index in [-0.39, 0.29) is 30.0 Å². The van der Waals surface area contributed by atoms with Crippen LogP contribution in [0.4, 0.5) is 23.7 Å². The first kappa shape index (κ1) is 45.0. The molecule has 55 heavy (non-hydrogen) atoms. The third-order valence-corrected chi connectivity index (χ3v) is 12.8. The second-order valence-electron chi connectivity index (χ2n) is 14.7. The van der Waals surface area contributed by atoms with Gasteiger partial charge in [-0.15, -0.1) is 0 Å². The van der Waals surface area contributed by atoms with Gasteiger partial charge in [-0.2, -0.15) is 13.2 Å². The van der Waals surface area contributed by atoms with Crippen molar-refractivity contribution in [3.63, 3.8) is 0 Å². The van der Waals surface area contributed by atoms with Crippen molar-refractivity contribution >= 4 is 56.8 Å². The predicted octanol–water partition coefficient (Wildman–Crippen LogP) is 6.46. The first-order chi connectivity index (χ1) is 25.6. The Balaban J connectivity index is 1.76. The van der Waals surface area contributed by atoms with Crippen LogP contribution in [0, 0.1) is 0 Å². The molecule has 2 N–H and O–H groups in total. The molecular weight excluding hydrogens is 787 g/mol. The van der Waals surface area contributed by atoms with Gasteiger partial charge in [0.05, 0.1) is 19.2 Å². The number of allylic oxidation sites excluding steroid dienone is 3. The van der Waals surface area contributed by atoms with Gasteiger partial charge in [-0.05, 0) is 71.5 Å². The van der Waals surface area contributed by atoms with Gasteiger partial charge in [0.25, 0.3) is 0 Å². The monoisotopic (exact) mass is 837 g/mol. The number of alkyl halides is 3. The molecule has 2 fully saturated rings. The lowest BCUT2D eigenvalue weighted by Crippen LogP contribution is -2.72. The fraction of sp³-hybridized carbons (Fsp3) is 0.649. The first-order valence-electron chi connectivity index (χ1n) is 17.7. The number of hydrogen-bond donors (Lipinski definition) is 2. The van der Waals surface area contributed by atoms with Crippen molar-refractivity contribution < 1.29 is 56.3 Å². The van der Waals surface area contributed by atoms with Crippen LogP contribution in [0.5, 0.6) is 5.75 Å². The predicted molar refractivity (Wildman–Crippen MR) is 206 cm³/mol. The summed E-state index contributed by atoms with van der Waals surface area (Å²) in [5.74, 6) is -1.02. The molecule has 18 heteroatoms. The molecule has 1 unspecified atom stereocenters. The van der Waals surface area contributed by atoms with E-state index in [4.69, 9.17) is 35.3 Å². The van der Waals surface area contributed by atoms with E-state index in [1.807, 2.05) is 13.0 Å². The average Bonchev–Trinajstić information content (AvgIpc) is 3.09. The molecule has 5 rings (SSSR count). The van der Waals surface area contributed by atoms with Crippen molar-refractivity contribution in [2.45, 2.75) is 113 Å². The summed E-state index contributed by atoms with van der Waals surface area (Å²) < 4.78 is 71.8. The lowest BCUT2D eigenvalue weighted by molar-refractivity contribution is -0.328. The maximum atomic E-state index is 14.2. The van der Waals surface area contributed by atoms with Gasteiger partial charge in [0.15, 0.2) is 5.72 Å². The number of amides is 2. The molecule has 4 heterocycles. The molecule has 1 aromatic carbocycles. The zero-order chi connectivity index (χ0) is 41.1. The number of benzene rings is 1. The second kappa shape index (κ2) is 17.9. The van der Waals surface area contributed by atoms with Crippen LogP contribution in [0.1, 0.15) is 58.9 Å². The van der Waals surface area contributed by atoms with Gasteiger partial charge in [-0.1, -0.05) is 57.0 Å². The molecule has 6 bridgehead atoms. The molecule has 0 aromatic heterocycles. The summed E-state index contributed by atoms with van der Waals surface area (Å²) in [5.41, 5.74) is -2.61. The van der Waals surface area contributed by atoms with E-state index >= 15 is 0 Å². The summed E-state index contributed by atoms with van der Waals surface area (Å²) in [6.07, 6.45) is -2.41. The number of carbonyl (C=O) groups is 3. The normalized spacial score (nSPS) is 31.7. The molecule has 0 spiro atoms. The van der Waals surface area contributed by atoms with Gasteiger partial charge >= 0.3 is 18.2 Å². The van der Waals surface area contributed by atoms with E-state index < -0.39 is 77.9 Å². The van der Waals surface area contributed by atoms with Crippen LogP contribution in [0.25, 0.3) is 0 Å². The Morgan fingerprint density at radius 1 is 1.24 bits per heavy atom. The van der Waals surface area contributed by atoms with E-state index in [0.29, 0.717) is 17.9 Å². The maximum absolute atomic E-state index is 14.2. The van der Waals surface area contributed by atoms with Gasteiger partial charge in [-0.25, -0.2) is 4.79 Å². The Morgan fingerprint density at radius 2 is 1.91 bits per heavy atom. The van der Waals surface area contributed by atoms with Crippen molar-refractivity contribution in [2.24, 2.45) is 0 Å². The Kier molecular flexibility index (Phi) is 14.6. The van der Waals surface area contributed by atoms with Crippen LogP contribution in [-0.2, 0) is 35.0 Å². The van der Waals surface area contributed by atoms with Gasteiger partial charge in [0.2, 0.25) is 5.91 Å². The van der Waals surface area contributed by atoms with Gasteiger partial charge in [0.1, 0.15) is 52.4 Å². The zero-order valence-corrected chi connectivity index (χ0v) is 34.8. The fourth-order valence-corrected chi connectivity index (χ4v) is 9.00. The summed E-state index contributed by atoms with van der Waals surface area (Å²) in [6.45, 7) is 6.47. The van der Waals surface area contributed by atoms with E-state index in [1.165, 1.54) is 61.7 Å². The van der Waals surface area contributed by atoms with Crippen molar-refractivity contribution in [3.05, 3.63) is 46.5 Å². The molecule has 1 aromatic rings. The number of esters is 1.